The average Bonchev–Trinajstić information content (AvgIpc) is 3.52. The van der Waals surface area contributed by atoms with Crippen molar-refractivity contribution in [3.63, 3.8) is 0 Å². The van der Waals surface area contributed by atoms with Crippen LogP contribution >= 0.6 is 11.3 Å². The summed E-state index contributed by atoms with van der Waals surface area (Å²) < 4.78 is 13.0. The van der Waals surface area contributed by atoms with Crippen LogP contribution in [0.2, 0.25) is 0 Å². The van der Waals surface area contributed by atoms with Gasteiger partial charge in [0.25, 0.3) is 5.91 Å². The van der Waals surface area contributed by atoms with Crippen molar-refractivity contribution in [1.82, 2.24) is 14.8 Å². The van der Waals surface area contributed by atoms with Gasteiger partial charge in [0, 0.05) is 22.4 Å². The summed E-state index contributed by atoms with van der Waals surface area (Å²) in [4.78, 5) is 17.5. The molecule has 0 aliphatic rings. The molecule has 7 nitrogen and oxygen atoms in total. The number of carbonyl (C=O) groups is 1. The third kappa shape index (κ3) is 3.88. The molecule has 5 aromatic rings. The number of benzene rings is 2. The molecule has 5 rings (SSSR count). The SMILES string of the molecule is CCOc1ccc(C(=O)Nc2cc(C)nn2-c2nc(-c3cc4ccccc4o3)cs2)cc1. The van der Waals surface area contributed by atoms with Crippen LogP contribution in [0.25, 0.3) is 27.6 Å². The maximum absolute atomic E-state index is 12.8. The van der Waals surface area contributed by atoms with E-state index in [0.717, 1.165) is 28.1 Å². The highest BCUT2D eigenvalue weighted by atomic mass is 32.1. The number of rotatable bonds is 6. The molecule has 8 heteroatoms. The lowest BCUT2D eigenvalue weighted by atomic mass is 10.2. The van der Waals surface area contributed by atoms with Crippen LogP contribution in [0.5, 0.6) is 5.75 Å². The maximum atomic E-state index is 12.8. The topological polar surface area (TPSA) is 82.2 Å². The predicted molar refractivity (Wildman–Crippen MR) is 125 cm³/mol. The van der Waals surface area contributed by atoms with Crippen LogP contribution in [0.4, 0.5) is 5.82 Å². The van der Waals surface area contributed by atoms with E-state index in [1.165, 1.54) is 11.3 Å². The second-order valence-corrected chi connectivity index (χ2v) is 7.99. The number of furan rings is 1. The first-order valence-corrected chi connectivity index (χ1v) is 11.0. The second-order valence-electron chi connectivity index (χ2n) is 7.16. The van der Waals surface area contributed by atoms with Gasteiger partial charge in [-0.15, -0.1) is 11.3 Å². The zero-order valence-electron chi connectivity index (χ0n) is 17.5. The summed E-state index contributed by atoms with van der Waals surface area (Å²) >= 11 is 1.43. The van der Waals surface area contributed by atoms with Crippen molar-refractivity contribution in [1.29, 1.82) is 0 Å². The number of para-hydroxylation sites is 1. The lowest BCUT2D eigenvalue weighted by Crippen LogP contribution is -2.15. The van der Waals surface area contributed by atoms with Crippen molar-refractivity contribution in [3.8, 4) is 22.3 Å². The van der Waals surface area contributed by atoms with Crippen LogP contribution in [-0.2, 0) is 0 Å². The van der Waals surface area contributed by atoms with Gasteiger partial charge in [-0.2, -0.15) is 9.78 Å². The van der Waals surface area contributed by atoms with E-state index >= 15 is 0 Å². The fraction of sp³-hybridized carbons (Fsp3) is 0.125. The van der Waals surface area contributed by atoms with Gasteiger partial charge in [-0.05, 0) is 50.2 Å². The zero-order chi connectivity index (χ0) is 22.1. The van der Waals surface area contributed by atoms with Gasteiger partial charge in [0.2, 0.25) is 5.13 Å². The Bertz CT molecular complexity index is 1370. The number of aromatic nitrogens is 3. The smallest absolute Gasteiger partial charge is 0.256 e. The Morgan fingerprint density at radius 3 is 2.75 bits per heavy atom. The lowest BCUT2D eigenvalue weighted by molar-refractivity contribution is 0.102. The Labute approximate surface area is 188 Å². The van der Waals surface area contributed by atoms with E-state index in [1.54, 1.807) is 28.9 Å². The van der Waals surface area contributed by atoms with Crippen molar-refractivity contribution in [3.05, 3.63) is 77.3 Å². The number of carbonyl (C=O) groups excluding carboxylic acids is 1. The standard InChI is InChI=1S/C24H20N4O3S/c1-3-30-18-10-8-16(9-11-18)23(29)26-22-12-15(2)27-28(22)24-25-19(14-32-24)21-13-17-6-4-5-7-20(17)31-21/h4-14H,3H2,1-2H3,(H,26,29). The Morgan fingerprint density at radius 2 is 1.97 bits per heavy atom. The molecule has 160 valence electrons. The molecule has 0 aliphatic carbocycles. The van der Waals surface area contributed by atoms with Gasteiger partial charge < -0.3 is 14.5 Å². The van der Waals surface area contributed by atoms with Crippen LogP contribution in [0, 0.1) is 6.92 Å². The summed E-state index contributed by atoms with van der Waals surface area (Å²) in [6.07, 6.45) is 0. The number of ether oxygens (including phenoxy) is 1. The van der Waals surface area contributed by atoms with Crippen LogP contribution in [0.1, 0.15) is 23.0 Å². The largest absolute Gasteiger partial charge is 0.494 e. The molecule has 0 unspecified atom stereocenters. The van der Waals surface area contributed by atoms with Crippen LogP contribution in [0.15, 0.2) is 70.5 Å². The molecular formula is C24H20N4O3S. The maximum Gasteiger partial charge on any atom is 0.256 e. The number of fused-ring (bicyclic) bond motifs is 1. The molecule has 0 atom stereocenters. The number of thiazole rings is 1. The summed E-state index contributed by atoms with van der Waals surface area (Å²) in [7, 11) is 0. The first-order valence-electron chi connectivity index (χ1n) is 10.2. The lowest BCUT2D eigenvalue weighted by Gasteiger charge is -2.07. The molecule has 2 aromatic carbocycles. The highest BCUT2D eigenvalue weighted by molar-refractivity contribution is 7.12. The third-order valence-corrected chi connectivity index (χ3v) is 5.67. The van der Waals surface area contributed by atoms with Gasteiger partial charge >= 0.3 is 0 Å². The summed E-state index contributed by atoms with van der Waals surface area (Å²) in [6.45, 7) is 4.37. The summed E-state index contributed by atoms with van der Waals surface area (Å²) in [5.41, 5.74) is 2.84. The number of nitrogens with one attached hydrogen (secondary N) is 1. The van der Waals surface area contributed by atoms with E-state index in [0.29, 0.717) is 28.9 Å². The molecule has 0 bridgehead atoms. The zero-order valence-corrected chi connectivity index (χ0v) is 18.3. The minimum absolute atomic E-state index is 0.233. The quantitative estimate of drug-likeness (QED) is 0.363. The molecular weight excluding hydrogens is 424 g/mol. The average molecular weight is 445 g/mol. The minimum atomic E-state index is -0.233. The molecule has 3 heterocycles. The number of hydrogen-bond acceptors (Lipinski definition) is 6. The van der Waals surface area contributed by atoms with Gasteiger partial charge in [-0.1, -0.05) is 18.2 Å². The van der Waals surface area contributed by atoms with Gasteiger partial charge in [0.05, 0.1) is 12.3 Å². The number of nitrogens with zero attached hydrogens (tertiary/aromatic N) is 3. The Hall–Kier alpha value is -3.91. The van der Waals surface area contributed by atoms with Crippen LogP contribution < -0.4 is 10.1 Å². The van der Waals surface area contributed by atoms with Crippen molar-refractivity contribution < 1.29 is 13.9 Å². The molecule has 1 amide bonds. The van der Waals surface area contributed by atoms with Gasteiger partial charge in [0.1, 0.15) is 22.8 Å². The first kappa shape index (κ1) is 20.0. The molecule has 0 fully saturated rings. The Balaban J connectivity index is 1.40. The normalized spacial score (nSPS) is 11.1. The molecule has 32 heavy (non-hydrogen) atoms. The molecule has 0 aliphatic heterocycles. The van der Waals surface area contributed by atoms with E-state index in [9.17, 15) is 4.79 Å². The van der Waals surface area contributed by atoms with Crippen molar-refractivity contribution >= 4 is 34.0 Å². The van der Waals surface area contributed by atoms with E-state index in [4.69, 9.17) is 9.15 Å². The summed E-state index contributed by atoms with van der Waals surface area (Å²) in [5.74, 6) is 1.73. The summed E-state index contributed by atoms with van der Waals surface area (Å²) in [6, 6.07) is 18.6. The highest BCUT2D eigenvalue weighted by Crippen LogP contribution is 2.30. The van der Waals surface area contributed by atoms with E-state index < -0.39 is 0 Å². The fourth-order valence-corrected chi connectivity index (χ4v) is 4.15. The molecule has 0 spiro atoms. The van der Waals surface area contributed by atoms with Crippen LogP contribution in [-0.4, -0.2) is 27.3 Å². The third-order valence-electron chi connectivity index (χ3n) is 4.85. The van der Waals surface area contributed by atoms with Gasteiger partial charge in [-0.25, -0.2) is 4.98 Å². The van der Waals surface area contributed by atoms with Crippen LogP contribution in [0.3, 0.4) is 0 Å². The van der Waals surface area contributed by atoms with E-state index in [2.05, 4.69) is 15.4 Å². The van der Waals surface area contributed by atoms with Crippen molar-refractivity contribution in [2.75, 3.05) is 11.9 Å². The van der Waals surface area contributed by atoms with Crippen molar-refractivity contribution in [2.24, 2.45) is 0 Å². The predicted octanol–water partition coefficient (Wildman–Crippen LogP) is 5.70. The molecule has 1 N–H and O–H groups in total. The fourth-order valence-electron chi connectivity index (χ4n) is 3.37. The number of aryl methyl sites for hydroxylation is 1. The second kappa shape index (κ2) is 8.32. The summed E-state index contributed by atoms with van der Waals surface area (Å²) in [5, 5.41) is 11.0. The van der Waals surface area contributed by atoms with Crippen molar-refractivity contribution in [2.45, 2.75) is 13.8 Å². The molecule has 0 radical (unpaired) electrons. The molecule has 0 saturated carbocycles. The molecule has 0 saturated heterocycles. The number of hydrogen-bond donors (Lipinski definition) is 1. The first-order chi connectivity index (χ1) is 15.6. The van der Waals surface area contributed by atoms with E-state index in [-0.39, 0.29) is 5.91 Å². The molecule has 3 aromatic heterocycles. The highest BCUT2D eigenvalue weighted by Gasteiger charge is 2.17. The Morgan fingerprint density at radius 1 is 1.16 bits per heavy atom. The monoisotopic (exact) mass is 444 g/mol. The number of anilines is 1. The minimum Gasteiger partial charge on any atom is -0.494 e. The number of amides is 1. The van der Waals surface area contributed by atoms with E-state index in [1.807, 2.05) is 55.6 Å². The van der Waals surface area contributed by atoms with Gasteiger partial charge in [0.15, 0.2) is 5.76 Å². The Kier molecular flexibility index (Phi) is 5.20. The van der Waals surface area contributed by atoms with Gasteiger partial charge in [-0.3, -0.25) is 4.79 Å².